The zero-order chi connectivity index (χ0) is 15.2. The highest BCUT2D eigenvalue weighted by Crippen LogP contribution is 2.28. The van der Waals surface area contributed by atoms with Crippen molar-refractivity contribution in [1.29, 1.82) is 0 Å². The molecule has 0 unspecified atom stereocenters. The summed E-state index contributed by atoms with van der Waals surface area (Å²) in [7, 11) is 0. The van der Waals surface area contributed by atoms with Crippen LogP contribution in [0, 0.1) is 10.1 Å². The number of anilines is 1. The molecule has 2 aromatic rings. The molecule has 21 heavy (non-hydrogen) atoms. The molecule has 1 amide bonds. The topological polar surface area (TPSA) is 123 Å². The van der Waals surface area contributed by atoms with Crippen LogP contribution in [0.3, 0.4) is 0 Å². The molecule has 2 rings (SSSR count). The van der Waals surface area contributed by atoms with Gasteiger partial charge < -0.3 is 15.2 Å². The first kappa shape index (κ1) is 14.4. The molecule has 0 fully saturated rings. The normalized spacial score (nSPS) is 10.1. The van der Waals surface area contributed by atoms with Gasteiger partial charge in [-0.3, -0.25) is 14.9 Å². The van der Waals surface area contributed by atoms with Crippen molar-refractivity contribution in [2.75, 3.05) is 11.9 Å². The van der Waals surface area contributed by atoms with E-state index in [1.807, 2.05) is 6.92 Å². The largest absolute Gasteiger partial charge is 0.380 e. The van der Waals surface area contributed by atoms with E-state index in [4.69, 9.17) is 0 Å². The number of aromatic nitrogens is 2. The molecule has 9 heteroatoms. The number of carbonyl (C=O) groups excluding carboxylic acids is 1. The summed E-state index contributed by atoms with van der Waals surface area (Å²) in [4.78, 5) is 26.5. The predicted octanol–water partition coefficient (Wildman–Crippen LogP) is 1.34. The van der Waals surface area contributed by atoms with Gasteiger partial charge >= 0.3 is 5.69 Å². The van der Waals surface area contributed by atoms with Crippen LogP contribution in [0.4, 0.5) is 11.4 Å². The van der Waals surface area contributed by atoms with Gasteiger partial charge in [0, 0.05) is 6.54 Å². The van der Waals surface area contributed by atoms with Crippen molar-refractivity contribution in [2.24, 2.45) is 0 Å². The van der Waals surface area contributed by atoms with Crippen LogP contribution in [0.2, 0.25) is 0 Å². The number of nitrogens with zero attached hydrogens (tertiary/aromatic N) is 3. The molecular formula is C12H13N5O4. The Morgan fingerprint density at radius 2 is 2.29 bits per heavy atom. The van der Waals surface area contributed by atoms with Crippen molar-refractivity contribution in [3.8, 4) is 0 Å². The summed E-state index contributed by atoms with van der Waals surface area (Å²) in [6, 6.07) is 4.52. The van der Waals surface area contributed by atoms with Gasteiger partial charge in [0.15, 0.2) is 5.82 Å². The molecule has 0 spiro atoms. The summed E-state index contributed by atoms with van der Waals surface area (Å²) >= 11 is 0. The highest BCUT2D eigenvalue weighted by Gasteiger charge is 2.24. The van der Waals surface area contributed by atoms with Crippen LogP contribution in [-0.2, 0) is 6.54 Å². The van der Waals surface area contributed by atoms with Crippen LogP contribution in [-0.4, -0.2) is 27.5 Å². The van der Waals surface area contributed by atoms with E-state index < -0.39 is 10.8 Å². The van der Waals surface area contributed by atoms with E-state index >= 15 is 0 Å². The average Bonchev–Trinajstić information content (AvgIpc) is 2.98. The summed E-state index contributed by atoms with van der Waals surface area (Å²) < 4.78 is 4.53. The number of amides is 1. The minimum Gasteiger partial charge on any atom is -0.380 e. The first-order valence-corrected chi connectivity index (χ1v) is 6.18. The van der Waals surface area contributed by atoms with Crippen molar-refractivity contribution in [3.05, 3.63) is 46.1 Å². The average molecular weight is 291 g/mol. The number of carbonyl (C=O) groups is 1. The van der Waals surface area contributed by atoms with Gasteiger partial charge in [-0.2, -0.15) is 4.98 Å². The summed E-state index contributed by atoms with van der Waals surface area (Å²) in [5.74, 6) is -0.292. The lowest BCUT2D eigenvalue weighted by Crippen LogP contribution is -2.24. The minimum atomic E-state index is -0.582. The smallest absolute Gasteiger partial charge is 0.305 e. The van der Waals surface area contributed by atoms with Crippen LogP contribution in [0.5, 0.6) is 0 Å². The Labute approximate surface area is 119 Å². The highest BCUT2D eigenvalue weighted by atomic mass is 16.6. The molecular weight excluding hydrogens is 278 g/mol. The Balaban J connectivity index is 2.23. The lowest BCUT2D eigenvalue weighted by molar-refractivity contribution is -0.384. The molecule has 0 aliphatic rings. The molecule has 0 saturated heterocycles. The SMILES string of the molecule is CCNc1cccc(C(=O)NCc2ncon2)c1[N+](=O)[O-]. The molecule has 0 aliphatic heterocycles. The van der Waals surface area contributed by atoms with E-state index in [-0.39, 0.29) is 23.6 Å². The second-order valence-corrected chi connectivity index (χ2v) is 4.02. The fourth-order valence-electron chi connectivity index (χ4n) is 1.78. The van der Waals surface area contributed by atoms with Crippen LogP contribution >= 0.6 is 0 Å². The zero-order valence-corrected chi connectivity index (χ0v) is 11.2. The highest BCUT2D eigenvalue weighted by molar-refractivity contribution is 6.00. The van der Waals surface area contributed by atoms with Gasteiger partial charge in [0.25, 0.3) is 5.91 Å². The molecule has 1 heterocycles. The fourth-order valence-corrected chi connectivity index (χ4v) is 1.78. The third kappa shape index (κ3) is 3.32. The molecule has 110 valence electrons. The molecule has 0 aliphatic carbocycles. The molecule has 0 saturated carbocycles. The van der Waals surface area contributed by atoms with Gasteiger partial charge in [-0.25, -0.2) is 0 Å². The number of rotatable bonds is 6. The first-order chi connectivity index (χ1) is 10.1. The van der Waals surface area contributed by atoms with Gasteiger partial charge in [-0.15, -0.1) is 0 Å². The standard InChI is InChI=1S/C12H13N5O4/c1-2-13-9-5-3-4-8(11(9)17(19)20)12(18)14-6-10-15-7-21-16-10/h3-5,7,13H,2,6H2,1H3,(H,14,18). The summed E-state index contributed by atoms with van der Waals surface area (Å²) in [5.41, 5.74) is 0.0154. The Morgan fingerprint density at radius 3 is 2.90 bits per heavy atom. The third-order valence-electron chi connectivity index (χ3n) is 2.64. The lowest BCUT2D eigenvalue weighted by Gasteiger charge is -2.08. The molecule has 1 aromatic heterocycles. The van der Waals surface area contributed by atoms with Crippen LogP contribution in [0.1, 0.15) is 23.1 Å². The number of hydrogen-bond donors (Lipinski definition) is 2. The number of hydrogen-bond acceptors (Lipinski definition) is 7. The number of para-hydroxylation sites is 1. The van der Waals surface area contributed by atoms with Crippen LogP contribution in [0.25, 0.3) is 0 Å². The van der Waals surface area contributed by atoms with E-state index in [1.54, 1.807) is 12.1 Å². The van der Waals surface area contributed by atoms with E-state index in [9.17, 15) is 14.9 Å². The Kier molecular flexibility index (Phi) is 4.44. The maximum atomic E-state index is 12.1. The van der Waals surface area contributed by atoms with Crippen molar-refractivity contribution in [3.63, 3.8) is 0 Å². The predicted molar refractivity (Wildman–Crippen MR) is 72.7 cm³/mol. The second-order valence-electron chi connectivity index (χ2n) is 4.02. The Morgan fingerprint density at radius 1 is 1.48 bits per heavy atom. The van der Waals surface area contributed by atoms with Crippen molar-refractivity contribution in [2.45, 2.75) is 13.5 Å². The molecule has 2 N–H and O–H groups in total. The number of nitrogens with one attached hydrogen (secondary N) is 2. The van der Waals surface area contributed by atoms with E-state index in [0.29, 0.717) is 12.2 Å². The second kappa shape index (κ2) is 6.46. The zero-order valence-electron chi connectivity index (χ0n) is 11.2. The summed E-state index contributed by atoms with van der Waals surface area (Å²) in [6.45, 7) is 2.35. The molecule has 1 aromatic carbocycles. The van der Waals surface area contributed by atoms with Gasteiger partial charge in [0.2, 0.25) is 6.39 Å². The fraction of sp³-hybridized carbons (Fsp3) is 0.250. The molecule has 9 nitrogen and oxygen atoms in total. The van der Waals surface area contributed by atoms with Crippen molar-refractivity contribution >= 4 is 17.3 Å². The van der Waals surface area contributed by atoms with Crippen molar-refractivity contribution < 1.29 is 14.2 Å². The van der Waals surface area contributed by atoms with Gasteiger partial charge in [0.05, 0.1) is 11.5 Å². The summed E-state index contributed by atoms with van der Waals surface area (Å²) in [6.07, 6.45) is 1.13. The summed E-state index contributed by atoms with van der Waals surface area (Å²) in [5, 5.41) is 20.1. The quantitative estimate of drug-likeness (QED) is 0.608. The number of nitro groups is 1. The Hall–Kier alpha value is -2.97. The molecule has 0 bridgehead atoms. The molecule has 0 atom stereocenters. The van der Waals surface area contributed by atoms with Crippen LogP contribution in [0.15, 0.2) is 29.1 Å². The molecule has 0 radical (unpaired) electrons. The lowest BCUT2D eigenvalue weighted by atomic mass is 10.1. The Bertz CT molecular complexity index is 641. The van der Waals surface area contributed by atoms with Crippen LogP contribution < -0.4 is 10.6 Å². The minimum absolute atomic E-state index is 0.0257. The first-order valence-electron chi connectivity index (χ1n) is 6.18. The van der Waals surface area contributed by atoms with E-state index in [0.717, 1.165) is 6.39 Å². The number of benzene rings is 1. The van der Waals surface area contributed by atoms with Gasteiger partial charge in [-0.05, 0) is 19.1 Å². The monoisotopic (exact) mass is 291 g/mol. The van der Waals surface area contributed by atoms with E-state index in [2.05, 4.69) is 25.3 Å². The van der Waals surface area contributed by atoms with Crippen molar-refractivity contribution in [1.82, 2.24) is 15.5 Å². The number of nitro benzene ring substituents is 1. The van der Waals surface area contributed by atoms with Gasteiger partial charge in [0.1, 0.15) is 11.3 Å². The third-order valence-corrected chi connectivity index (χ3v) is 2.64. The maximum absolute atomic E-state index is 12.1. The van der Waals surface area contributed by atoms with Gasteiger partial charge in [-0.1, -0.05) is 11.2 Å². The maximum Gasteiger partial charge on any atom is 0.305 e. The van der Waals surface area contributed by atoms with E-state index in [1.165, 1.54) is 6.07 Å².